The molecule has 0 aliphatic carbocycles. The molecule has 1 N–H and O–H groups in total. The standard InChI is InChI=1S/C16H24N4/c1-4-17-11-14(10-16-18-12-19-20(16)3)9-15-8-6-5-7-13(15)2/h5-8,12,14,17H,4,9-11H2,1-3H3. The van der Waals surface area contributed by atoms with Gasteiger partial charge in [0.2, 0.25) is 0 Å². The summed E-state index contributed by atoms with van der Waals surface area (Å²) in [6.07, 6.45) is 3.66. The SMILES string of the molecule is CCNCC(Cc1ccccc1C)Cc1ncnn1C. The molecule has 0 fully saturated rings. The van der Waals surface area contributed by atoms with Gasteiger partial charge in [0.05, 0.1) is 0 Å². The highest BCUT2D eigenvalue weighted by atomic mass is 15.3. The van der Waals surface area contributed by atoms with Crippen molar-refractivity contribution in [2.75, 3.05) is 13.1 Å². The minimum absolute atomic E-state index is 0.541. The molecule has 108 valence electrons. The quantitative estimate of drug-likeness (QED) is 0.839. The largest absolute Gasteiger partial charge is 0.317 e. The fourth-order valence-electron chi connectivity index (χ4n) is 2.48. The van der Waals surface area contributed by atoms with Gasteiger partial charge in [-0.15, -0.1) is 0 Å². The molecule has 1 atom stereocenters. The fourth-order valence-corrected chi connectivity index (χ4v) is 2.48. The lowest BCUT2D eigenvalue weighted by molar-refractivity contribution is 0.458. The second-order valence-corrected chi connectivity index (χ2v) is 5.31. The molecule has 4 nitrogen and oxygen atoms in total. The summed E-state index contributed by atoms with van der Waals surface area (Å²) in [6, 6.07) is 8.63. The van der Waals surface area contributed by atoms with Crippen LogP contribution in [-0.4, -0.2) is 27.9 Å². The first kappa shape index (κ1) is 14.7. The van der Waals surface area contributed by atoms with Gasteiger partial charge in [0.1, 0.15) is 12.2 Å². The van der Waals surface area contributed by atoms with Gasteiger partial charge in [0.25, 0.3) is 0 Å². The van der Waals surface area contributed by atoms with E-state index >= 15 is 0 Å². The van der Waals surface area contributed by atoms with E-state index in [0.717, 1.165) is 31.8 Å². The van der Waals surface area contributed by atoms with Crippen LogP contribution in [-0.2, 0) is 19.9 Å². The summed E-state index contributed by atoms with van der Waals surface area (Å²) in [5, 5.41) is 7.62. The third kappa shape index (κ3) is 3.90. The summed E-state index contributed by atoms with van der Waals surface area (Å²) in [7, 11) is 1.96. The highest BCUT2D eigenvalue weighted by Crippen LogP contribution is 2.16. The van der Waals surface area contributed by atoms with E-state index in [0.29, 0.717) is 5.92 Å². The summed E-state index contributed by atoms with van der Waals surface area (Å²) < 4.78 is 1.87. The van der Waals surface area contributed by atoms with Gasteiger partial charge in [0, 0.05) is 13.5 Å². The minimum atomic E-state index is 0.541. The topological polar surface area (TPSA) is 42.7 Å². The number of hydrogen-bond acceptors (Lipinski definition) is 3. The molecular weight excluding hydrogens is 248 g/mol. The van der Waals surface area contributed by atoms with Gasteiger partial charge >= 0.3 is 0 Å². The van der Waals surface area contributed by atoms with Gasteiger partial charge in [0.15, 0.2) is 0 Å². The Morgan fingerprint density at radius 3 is 2.70 bits per heavy atom. The van der Waals surface area contributed by atoms with Crippen LogP contribution in [0.2, 0.25) is 0 Å². The van der Waals surface area contributed by atoms with Crippen LogP contribution in [0, 0.1) is 12.8 Å². The maximum atomic E-state index is 4.35. The summed E-state index contributed by atoms with van der Waals surface area (Å²) in [6.45, 7) is 6.34. The molecule has 20 heavy (non-hydrogen) atoms. The van der Waals surface area contributed by atoms with E-state index in [4.69, 9.17) is 0 Å². The van der Waals surface area contributed by atoms with Crippen LogP contribution in [0.5, 0.6) is 0 Å². The van der Waals surface area contributed by atoms with E-state index in [-0.39, 0.29) is 0 Å². The lowest BCUT2D eigenvalue weighted by Crippen LogP contribution is -2.26. The summed E-state index contributed by atoms with van der Waals surface area (Å²) in [5.41, 5.74) is 2.80. The number of benzene rings is 1. The Labute approximate surface area is 121 Å². The molecule has 0 saturated carbocycles. The summed E-state index contributed by atoms with van der Waals surface area (Å²) in [4.78, 5) is 4.35. The van der Waals surface area contributed by atoms with Gasteiger partial charge in [-0.3, -0.25) is 4.68 Å². The van der Waals surface area contributed by atoms with Gasteiger partial charge < -0.3 is 5.32 Å². The molecule has 0 saturated heterocycles. The van der Waals surface area contributed by atoms with Crippen LogP contribution in [0.1, 0.15) is 23.9 Å². The van der Waals surface area contributed by atoms with Crippen molar-refractivity contribution in [2.24, 2.45) is 13.0 Å². The zero-order valence-electron chi connectivity index (χ0n) is 12.6. The summed E-state index contributed by atoms with van der Waals surface area (Å²) in [5.74, 6) is 1.60. The average molecular weight is 272 g/mol. The van der Waals surface area contributed by atoms with Crippen LogP contribution in [0.4, 0.5) is 0 Å². The molecule has 1 aromatic carbocycles. The maximum Gasteiger partial charge on any atom is 0.138 e. The van der Waals surface area contributed by atoms with Crippen LogP contribution < -0.4 is 5.32 Å². The highest BCUT2D eigenvalue weighted by molar-refractivity contribution is 5.26. The Morgan fingerprint density at radius 2 is 2.05 bits per heavy atom. The van der Waals surface area contributed by atoms with Crippen molar-refractivity contribution >= 4 is 0 Å². The predicted octanol–water partition coefficient (Wildman–Crippen LogP) is 2.13. The smallest absolute Gasteiger partial charge is 0.138 e. The van der Waals surface area contributed by atoms with Crippen LogP contribution in [0.3, 0.4) is 0 Å². The third-order valence-electron chi connectivity index (χ3n) is 3.73. The molecular formula is C16H24N4. The molecule has 0 aliphatic heterocycles. The van der Waals surface area contributed by atoms with Crippen molar-refractivity contribution in [3.63, 3.8) is 0 Å². The molecule has 0 spiro atoms. The Morgan fingerprint density at radius 1 is 1.25 bits per heavy atom. The fraction of sp³-hybridized carbons (Fsp3) is 0.500. The van der Waals surface area contributed by atoms with E-state index in [1.165, 1.54) is 11.1 Å². The number of nitrogens with one attached hydrogen (secondary N) is 1. The number of aryl methyl sites for hydroxylation is 2. The molecule has 0 radical (unpaired) electrons. The Hall–Kier alpha value is -1.68. The van der Waals surface area contributed by atoms with Crippen molar-refractivity contribution in [1.82, 2.24) is 20.1 Å². The predicted molar refractivity (Wildman–Crippen MR) is 81.6 cm³/mol. The van der Waals surface area contributed by atoms with Gasteiger partial charge in [-0.05, 0) is 43.5 Å². The van der Waals surface area contributed by atoms with Crippen molar-refractivity contribution in [2.45, 2.75) is 26.7 Å². The zero-order valence-corrected chi connectivity index (χ0v) is 12.6. The first-order valence-corrected chi connectivity index (χ1v) is 7.28. The van der Waals surface area contributed by atoms with Gasteiger partial charge in [-0.1, -0.05) is 31.2 Å². The maximum absolute atomic E-state index is 4.35. The Bertz CT molecular complexity index is 533. The zero-order chi connectivity index (χ0) is 14.4. The molecule has 2 aromatic rings. The van der Waals surface area contributed by atoms with E-state index in [1.54, 1.807) is 6.33 Å². The Kier molecular flexibility index (Phi) is 5.30. The van der Waals surface area contributed by atoms with E-state index in [2.05, 4.69) is 53.5 Å². The second kappa shape index (κ2) is 7.20. The van der Waals surface area contributed by atoms with Crippen LogP contribution in [0.25, 0.3) is 0 Å². The normalized spacial score (nSPS) is 12.6. The highest BCUT2D eigenvalue weighted by Gasteiger charge is 2.14. The molecule has 1 unspecified atom stereocenters. The lowest BCUT2D eigenvalue weighted by atomic mass is 9.93. The minimum Gasteiger partial charge on any atom is -0.317 e. The molecule has 2 rings (SSSR count). The first-order chi connectivity index (χ1) is 9.70. The van der Waals surface area contributed by atoms with Gasteiger partial charge in [-0.2, -0.15) is 5.10 Å². The molecule has 1 aromatic heterocycles. The van der Waals surface area contributed by atoms with Crippen LogP contribution >= 0.6 is 0 Å². The molecule has 0 bridgehead atoms. The van der Waals surface area contributed by atoms with Crippen molar-refractivity contribution in [3.8, 4) is 0 Å². The van der Waals surface area contributed by atoms with E-state index < -0.39 is 0 Å². The number of nitrogens with zero attached hydrogens (tertiary/aromatic N) is 3. The molecule has 4 heteroatoms. The van der Waals surface area contributed by atoms with Crippen LogP contribution in [0.15, 0.2) is 30.6 Å². The second-order valence-electron chi connectivity index (χ2n) is 5.31. The molecule has 1 heterocycles. The Balaban J connectivity index is 2.07. The van der Waals surface area contributed by atoms with Crippen molar-refractivity contribution in [3.05, 3.63) is 47.5 Å². The van der Waals surface area contributed by atoms with E-state index in [9.17, 15) is 0 Å². The summed E-state index contributed by atoms with van der Waals surface area (Å²) >= 11 is 0. The molecule has 0 aliphatic rings. The lowest BCUT2D eigenvalue weighted by Gasteiger charge is -2.18. The average Bonchev–Trinajstić information content (AvgIpc) is 2.84. The number of aromatic nitrogens is 3. The van der Waals surface area contributed by atoms with E-state index in [1.807, 2.05) is 11.7 Å². The first-order valence-electron chi connectivity index (χ1n) is 7.28. The number of rotatable bonds is 7. The van der Waals surface area contributed by atoms with Gasteiger partial charge in [-0.25, -0.2) is 4.98 Å². The van der Waals surface area contributed by atoms with Crippen molar-refractivity contribution in [1.29, 1.82) is 0 Å². The third-order valence-corrected chi connectivity index (χ3v) is 3.73. The monoisotopic (exact) mass is 272 g/mol. The molecule has 0 amide bonds. The van der Waals surface area contributed by atoms with Crippen molar-refractivity contribution < 1.29 is 0 Å². The number of hydrogen-bond donors (Lipinski definition) is 1.